The maximum Gasteiger partial charge on any atom is 0.418 e. The van der Waals surface area contributed by atoms with Crippen molar-refractivity contribution in [1.82, 2.24) is 15.1 Å². The topological polar surface area (TPSA) is 85.6 Å². The maximum absolute atomic E-state index is 12.9. The maximum atomic E-state index is 12.9. The number of halogens is 3. The fourth-order valence-corrected chi connectivity index (χ4v) is 2.01. The van der Waals surface area contributed by atoms with Crippen LogP contribution in [0.5, 0.6) is 11.6 Å². The van der Waals surface area contributed by atoms with Gasteiger partial charge in [0.25, 0.3) is 0 Å². The van der Waals surface area contributed by atoms with Gasteiger partial charge in [-0.25, -0.2) is 4.79 Å². The zero-order valence-electron chi connectivity index (χ0n) is 13.4. The van der Waals surface area contributed by atoms with Crippen molar-refractivity contribution in [2.75, 3.05) is 6.54 Å². The number of alkyl halides is 3. The summed E-state index contributed by atoms with van der Waals surface area (Å²) in [7, 11) is 0. The number of nitrogens with one attached hydrogen (secondary N) is 1. The third-order valence-corrected chi connectivity index (χ3v) is 3.18. The lowest BCUT2D eigenvalue weighted by atomic mass is 10.1. The summed E-state index contributed by atoms with van der Waals surface area (Å²) in [5.41, 5.74) is -1.50. The first-order valence-electron chi connectivity index (χ1n) is 7.33. The minimum absolute atomic E-state index is 0.0518. The number of nitroso groups, excluding NO2 is 1. The van der Waals surface area contributed by atoms with Crippen LogP contribution in [0.4, 0.5) is 23.7 Å². The van der Waals surface area contributed by atoms with Crippen LogP contribution in [0, 0.1) is 11.8 Å². The first-order chi connectivity index (χ1) is 11.8. The number of hydrogen-bond donors (Lipinski definition) is 1. The van der Waals surface area contributed by atoms with E-state index in [9.17, 15) is 22.9 Å². The average Bonchev–Trinajstić information content (AvgIpc) is 2.92. The van der Waals surface area contributed by atoms with E-state index >= 15 is 0 Å². The molecule has 0 saturated carbocycles. The van der Waals surface area contributed by atoms with Gasteiger partial charge in [0, 0.05) is 12.6 Å². The number of carbonyl (C=O) groups is 1. The molecule has 0 aliphatic carbocycles. The van der Waals surface area contributed by atoms with Gasteiger partial charge in [-0.3, -0.25) is 0 Å². The highest BCUT2D eigenvalue weighted by atomic mass is 19.4. The van der Waals surface area contributed by atoms with E-state index in [1.165, 1.54) is 6.07 Å². The van der Waals surface area contributed by atoms with Crippen molar-refractivity contribution in [1.29, 1.82) is 0 Å². The lowest BCUT2D eigenvalue weighted by Gasteiger charge is -2.10. The molecule has 0 fully saturated rings. The Morgan fingerprint density at radius 3 is 2.68 bits per heavy atom. The van der Waals surface area contributed by atoms with Gasteiger partial charge in [-0.2, -0.15) is 17.9 Å². The molecular formula is C15H15F3N4O3. The molecule has 2 rings (SSSR count). The fraction of sp³-hybridized carbons (Fsp3) is 0.333. The predicted octanol–water partition coefficient (Wildman–Crippen LogP) is 4.37. The molecular weight excluding hydrogens is 341 g/mol. The van der Waals surface area contributed by atoms with Crippen LogP contribution < -0.4 is 10.1 Å². The molecule has 0 atom stereocenters. The minimum Gasteiger partial charge on any atom is -0.437 e. The summed E-state index contributed by atoms with van der Waals surface area (Å²) in [6.45, 7) is 3.95. The van der Waals surface area contributed by atoms with E-state index in [-0.39, 0.29) is 11.6 Å². The standard InChI is InChI=1S/C15H15F3N4O3/c1-3-6-19-14(23)22-9(2)7-13(20-22)25-10-4-5-12(21-24)11(8-10)15(16,17)18/h4-5,7-8H,3,6H2,1-2H3,(H,19,23). The van der Waals surface area contributed by atoms with Crippen LogP contribution in [0.1, 0.15) is 24.6 Å². The molecule has 0 spiro atoms. The summed E-state index contributed by atoms with van der Waals surface area (Å²) < 4.78 is 45.1. The normalized spacial score (nSPS) is 11.2. The molecule has 1 N–H and O–H groups in total. The average molecular weight is 356 g/mol. The van der Waals surface area contributed by atoms with E-state index in [2.05, 4.69) is 15.6 Å². The van der Waals surface area contributed by atoms with Gasteiger partial charge in [0.2, 0.25) is 5.88 Å². The van der Waals surface area contributed by atoms with E-state index in [1.807, 2.05) is 6.92 Å². The highest BCUT2D eigenvalue weighted by Gasteiger charge is 2.34. The third kappa shape index (κ3) is 4.34. The number of aryl methyl sites for hydroxylation is 1. The van der Waals surface area contributed by atoms with E-state index < -0.39 is 23.5 Å². The predicted molar refractivity (Wildman–Crippen MR) is 83.0 cm³/mol. The summed E-state index contributed by atoms with van der Waals surface area (Å²) in [6, 6.07) is 3.67. The zero-order valence-corrected chi connectivity index (χ0v) is 13.4. The van der Waals surface area contributed by atoms with Crippen molar-refractivity contribution in [2.24, 2.45) is 5.18 Å². The van der Waals surface area contributed by atoms with E-state index in [1.54, 1.807) is 6.92 Å². The Kier molecular flexibility index (Phi) is 5.40. The van der Waals surface area contributed by atoms with Crippen LogP contribution in [0.25, 0.3) is 0 Å². The Bertz CT molecular complexity index is 787. The van der Waals surface area contributed by atoms with Crippen LogP contribution in [-0.4, -0.2) is 22.4 Å². The molecule has 1 heterocycles. The highest BCUT2D eigenvalue weighted by molar-refractivity contribution is 5.76. The van der Waals surface area contributed by atoms with Gasteiger partial charge in [-0.1, -0.05) is 6.92 Å². The molecule has 0 bridgehead atoms. The number of hydrogen-bond acceptors (Lipinski definition) is 5. The van der Waals surface area contributed by atoms with Crippen molar-refractivity contribution in [3.8, 4) is 11.6 Å². The van der Waals surface area contributed by atoms with Crippen molar-refractivity contribution in [2.45, 2.75) is 26.4 Å². The number of ether oxygens (including phenoxy) is 1. The van der Waals surface area contributed by atoms with Gasteiger partial charge in [0.05, 0.1) is 11.3 Å². The summed E-state index contributed by atoms with van der Waals surface area (Å²) in [6.07, 6.45) is -4.01. The molecule has 134 valence electrons. The monoisotopic (exact) mass is 356 g/mol. The van der Waals surface area contributed by atoms with E-state index in [0.717, 1.165) is 23.2 Å². The van der Waals surface area contributed by atoms with E-state index in [4.69, 9.17) is 4.74 Å². The largest absolute Gasteiger partial charge is 0.437 e. The van der Waals surface area contributed by atoms with Gasteiger partial charge in [-0.15, -0.1) is 10.0 Å². The van der Waals surface area contributed by atoms with Crippen molar-refractivity contribution < 1.29 is 22.7 Å². The number of aromatic nitrogens is 2. The lowest BCUT2D eigenvalue weighted by Crippen LogP contribution is -2.30. The number of carbonyl (C=O) groups excluding carboxylic acids is 1. The molecule has 0 unspecified atom stereocenters. The SMILES string of the molecule is CCCNC(=O)n1nc(Oc2ccc(N=O)c(C(F)(F)F)c2)cc1C. The number of amides is 1. The first-order valence-corrected chi connectivity index (χ1v) is 7.33. The molecule has 25 heavy (non-hydrogen) atoms. The molecule has 0 aliphatic rings. The van der Waals surface area contributed by atoms with Gasteiger partial charge in [0.1, 0.15) is 11.4 Å². The molecule has 1 aromatic heterocycles. The second-order valence-corrected chi connectivity index (χ2v) is 5.14. The van der Waals surface area contributed by atoms with Crippen LogP contribution in [-0.2, 0) is 6.18 Å². The minimum atomic E-state index is -4.75. The molecule has 0 radical (unpaired) electrons. The first kappa shape index (κ1) is 18.4. The van der Waals surface area contributed by atoms with Crippen LogP contribution in [0.15, 0.2) is 29.4 Å². The Morgan fingerprint density at radius 1 is 1.36 bits per heavy atom. The summed E-state index contributed by atoms with van der Waals surface area (Å²) in [5.74, 6) is -0.234. The summed E-state index contributed by atoms with van der Waals surface area (Å²) >= 11 is 0. The molecule has 1 aromatic carbocycles. The van der Waals surface area contributed by atoms with Crippen molar-refractivity contribution >= 4 is 11.7 Å². The number of nitrogens with zero attached hydrogens (tertiary/aromatic N) is 3. The third-order valence-electron chi connectivity index (χ3n) is 3.18. The van der Waals surface area contributed by atoms with Crippen LogP contribution >= 0.6 is 0 Å². The Hall–Kier alpha value is -2.91. The zero-order chi connectivity index (χ0) is 18.6. The fourth-order valence-electron chi connectivity index (χ4n) is 2.01. The molecule has 1 amide bonds. The van der Waals surface area contributed by atoms with Gasteiger partial charge in [0.15, 0.2) is 0 Å². The molecule has 0 aliphatic heterocycles. The Balaban J connectivity index is 2.26. The lowest BCUT2D eigenvalue weighted by molar-refractivity contribution is -0.137. The number of benzene rings is 1. The molecule has 7 nitrogen and oxygen atoms in total. The number of rotatable bonds is 5. The van der Waals surface area contributed by atoms with Gasteiger partial charge < -0.3 is 10.1 Å². The Morgan fingerprint density at radius 2 is 2.08 bits per heavy atom. The van der Waals surface area contributed by atoms with Crippen LogP contribution in [0.2, 0.25) is 0 Å². The van der Waals surface area contributed by atoms with Crippen molar-refractivity contribution in [3.63, 3.8) is 0 Å². The smallest absolute Gasteiger partial charge is 0.418 e. The molecule has 10 heteroatoms. The second-order valence-electron chi connectivity index (χ2n) is 5.14. The molecule has 0 saturated heterocycles. The quantitative estimate of drug-likeness (QED) is 0.806. The summed E-state index contributed by atoms with van der Waals surface area (Å²) in [4.78, 5) is 22.4. The van der Waals surface area contributed by atoms with Gasteiger partial charge >= 0.3 is 12.2 Å². The van der Waals surface area contributed by atoms with E-state index in [0.29, 0.717) is 18.3 Å². The molecule has 2 aromatic rings. The summed E-state index contributed by atoms with van der Waals surface area (Å²) in [5, 5.41) is 8.89. The highest BCUT2D eigenvalue weighted by Crippen LogP contribution is 2.39. The van der Waals surface area contributed by atoms with Crippen LogP contribution in [0.3, 0.4) is 0 Å². The van der Waals surface area contributed by atoms with Crippen molar-refractivity contribution in [3.05, 3.63) is 40.4 Å². The Labute approximate surface area is 140 Å². The van der Waals surface area contributed by atoms with Gasteiger partial charge in [-0.05, 0) is 36.7 Å². The second kappa shape index (κ2) is 7.32.